The molecule has 4 heteroatoms. The third-order valence-corrected chi connectivity index (χ3v) is 6.04. The van der Waals surface area contributed by atoms with Gasteiger partial charge in [0.05, 0.1) is 0 Å². The zero-order valence-electron chi connectivity index (χ0n) is 15.5. The van der Waals surface area contributed by atoms with E-state index in [0.717, 1.165) is 18.3 Å². The molecule has 1 saturated carbocycles. The molecule has 4 nitrogen and oxygen atoms in total. The van der Waals surface area contributed by atoms with Crippen LogP contribution in [-0.4, -0.2) is 36.7 Å². The Kier molecular flexibility index (Phi) is 5.39. The highest BCUT2D eigenvalue weighted by atomic mass is 16.5. The van der Waals surface area contributed by atoms with E-state index in [1.54, 1.807) is 0 Å². The minimum atomic E-state index is -0.566. The standard InChI is InChI=1S/C23H27NO3/c25-13-7-12-23(18-10-5-2-6-11-18)16-24-22(21(15-26)27-23)20-14-19(20)17-8-3-1-4-9-17/h1-6,8-11,15,19-22,24-25H,7,12-14,16H2. The molecular formula is C23H27NO3. The number of morpholine rings is 1. The fourth-order valence-corrected chi connectivity index (χ4v) is 4.55. The maximum absolute atomic E-state index is 11.9. The lowest BCUT2D eigenvalue weighted by Crippen LogP contribution is -2.59. The van der Waals surface area contributed by atoms with Crippen molar-refractivity contribution < 1.29 is 14.6 Å². The van der Waals surface area contributed by atoms with Crippen molar-refractivity contribution in [2.45, 2.75) is 42.9 Å². The lowest BCUT2D eigenvalue weighted by atomic mass is 9.85. The number of benzene rings is 2. The van der Waals surface area contributed by atoms with Gasteiger partial charge >= 0.3 is 0 Å². The normalized spacial score (nSPS) is 32.8. The molecule has 0 radical (unpaired) electrons. The van der Waals surface area contributed by atoms with E-state index in [4.69, 9.17) is 4.74 Å². The Bertz CT molecular complexity index is 751. The van der Waals surface area contributed by atoms with Crippen LogP contribution in [0.25, 0.3) is 0 Å². The number of ether oxygens (including phenoxy) is 1. The third-order valence-electron chi connectivity index (χ3n) is 6.04. The molecule has 0 spiro atoms. The number of carbonyl (C=O) groups is 1. The van der Waals surface area contributed by atoms with Crippen LogP contribution in [0.2, 0.25) is 0 Å². The van der Waals surface area contributed by atoms with Gasteiger partial charge in [0.2, 0.25) is 0 Å². The molecule has 2 fully saturated rings. The average Bonchev–Trinajstić information content (AvgIpc) is 3.54. The molecule has 2 aromatic carbocycles. The number of rotatable bonds is 7. The highest BCUT2D eigenvalue weighted by Crippen LogP contribution is 2.51. The quantitative estimate of drug-likeness (QED) is 0.741. The monoisotopic (exact) mass is 365 g/mol. The average molecular weight is 365 g/mol. The SMILES string of the molecule is O=CC1OC(CCCO)(c2ccccc2)CNC1C1CC1c1ccccc1. The molecule has 2 N–H and O–H groups in total. The van der Waals surface area contributed by atoms with E-state index in [-0.39, 0.29) is 12.6 Å². The highest BCUT2D eigenvalue weighted by Gasteiger charge is 2.51. The summed E-state index contributed by atoms with van der Waals surface area (Å²) in [6.45, 7) is 0.774. The van der Waals surface area contributed by atoms with Gasteiger partial charge in [-0.2, -0.15) is 0 Å². The van der Waals surface area contributed by atoms with Gasteiger partial charge in [-0.3, -0.25) is 0 Å². The summed E-state index contributed by atoms with van der Waals surface area (Å²) in [6.07, 6.45) is 2.89. The van der Waals surface area contributed by atoms with E-state index in [0.29, 0.717) is 31.2 Å². The predicted octanol–water partition coefficient (Wildman–Crippen LogP) is 3.01. The minimum Gasteiger partial charge on any atom is -0.396 e. The topological polar surface area (TPSA) is 58.6 Å². The van der Waals surface area contributed by atoms with Gasteiger partial charge in [0.15, 0.2) is 0 Å². The van der Waals surface area contributed by atoms with Crippen molar-refractivity contribution in [1.82, 2.24) is 5.32 Å². The Morgan fingerprint density at radius 2 is 1.81 bits per heavy atom. The molecule has 1 saturated heterocycles. The first kappa shape index (κ1) is 18.4. The van der Waals surface area contributed by atoms with E-state index in [9.17, 15) is 9.90 Å². The minimum absolute atomic E-state index is 0.0404. The zero-order chi connectivity index (χ0) is 18.7. The van der Waals surface area contributed by atoms with Crippen molar-refractivity contribution in [1.29, 1.82) is 0 Å². The van der Waals surface area contributed by atoms with Crippen LogP contribution < -0.4 is 5.32 Å². The largest absolute Gasteiger partial charge is 0.396 e. The summed E-state index contributed by atoms with van der Waals surface area (Å²) >= 11 is 0. The first-order valence-electron chi connectivity index (χ1n) is 9.85. The van der Waals surface area contributed by atoms with E-state index in [1.165, 1.54) is 5.56 Å². The molecule has 0 aromatic heterocycles. The Morgan fingerprint density at radius 1 is 1.11 bits per heavy atom. The first-order valence-corrected chi connectivity index (χ1v) is 9.85. The molecule has 5 unspecified atom stereocenters. The van der Waals surface area contributed by atoms with E-state index in [2.05, 4.69) is 29.6 Å². The number of aliphatic hydroxyl groups excluding tert-OH is 1. The maximum Gasteiger partial charge on any atom is 0.150 e. The lowest BCUT2D eigenvalue weighted by molar-refractivity contribution is -0.159. The number of nitrogens with one attached hydrogen (secondary N) is 1. The number of aldehydes is 1. The molecule has 2 aliphatic rings. The molecule has 5 atom stereocenters. The van der Waals surface area contributed by atoms with Crippen molar-refractivity contribution in [3.8, 4) is 0 Å². The van der Waals surface area contributed by atoms with Gasteiger partial charge in [-0.25, -0.2) is 0 Å². The van der Waals surface area contributed by atoms with Crippen molar-refractivity contribution in [3.63, 3.8) is 0 Å². The van der Waals surface area contributed by atoms with Crippen LogP contribution in [0.5, 0.6) is 0 Å². The summed E-state index contributed by atoms with van der Waals surface area (Å²) < 4.78 is 6.47. The second-order valence-electron chi connectivity index (χ2n) is 7.73. The number of aliphatic hydroxyl groups is 1. The van der Waals surface area contributed by atoms with Crippen LogP contribution in [0.1, 0.15) is 36.3 Å². The zero-order valence-corrected chi connectivity index (χ0v) is 15.5. The second kappa shape index (κ2) is 7.93. The van der Waals surface area contributed by atoms with E-state index >= 15 is 0 Å². The summed E-state index contributed by atoms with van der Waals surface area (Å²) in [5.41, 5.74) is 1.84. The van der Waals surface area contributed by atoms with Crippen LogP contribution >= 0.6 is 0 Å². The molecule has 4 rings (SSSR count). The maximum atomic E-state index is 11.9. The van der Waals surface area contributed by atoms with Crippen LogP contribution in [0.3, 0.4) is 0 Å². The van der Waals surface area contributed by atoms with Gasteiger partial charge in [0, 0.05) is 19.2 Å². The smallest absolute Gasteiger partial charge is 0.150 e. The molecule has 0 bridgehead atoms. The molecule has 0 amide bonds. The molecule has 1 aliphatic carbocycles. The summed E-state index contributed by atoms with van der Waals surface area (Å²) in [6, 6.07) is 20.6. The summed E-state index contributed by atoms with van der Waals surface area (Å²) in [5.74, 6) is 0.922. The molecule has 1 aliphatic heterocycles. The first-order chi connectivity index (χ1) is 13.3. The molecule has 1 heterocycles. The van der Waals surface area contributed by atoms with E-state index in [1.807, 2.05) is 36.4 Å². The van der Waals surface area contributed by atoms with Crippen molar-refractivity contribution in [3.05, 3.63) is 71.8 Å². The third kappa shape index (κ3) is 3.70. The highest BCUT2D eigenvalue weighted by molar-refractivity contribution is 5.59. The van der Waals surface area contributed by atoms with Crippen LogP contribution in [0.4, 0.5) is 0 Å². The Balaban J connectivity index is 1.52. The molecule has 2 aromatic rings. The fourth-order valence-electron chi connectivity index (χ4n) is 4.55. The summed E-state index contributed by atoms with van der Waals surface area (Å²) in [5, 5.41) is 13.0. The number of carbonyl (C=O) groups excluding carboxylic acids is 1. The molecule has 142 valence electrons. The van der Waals surface area contributed by atoms with Gasteiger partial charge in [0.1, 0.15) is 18.0 Å². The van der Waals surface area contributed by atoms with Crippen molar-refractivity contribution >= 4 is 6.29 Å². The Hall–Kier alpha value is -2.01. The summed E-state index contributed by atoms with van der Waals surface area (Å²) in [7, 11) is 0. The van der Waals surface area contributed by atoms with Crippen LogP contribution in [0, 0.1) is 5.92 Å². The molecule has 27 heavy (non-hydrogen) atoms. The molecular weight excluding hydrogens is 338 g/mol. The van der Waals surface area contributed by atoms with Crippen LogP contribution in [0.15, 0.2) is 60.7 Å². The lowest BCUT2D eigenvalue weighted by Gasteiger charge is -2.45. The van der Waals surface area contributed by atoms with Gasteiger partial charge in [-0.05, 0) is 42.2 Å². The van der Waals surface area contributed by atoms with Gasteiger partial charge in [0.25, 0.3) is 0 Å². The van der Waals surface area contributed by atoms with Gasteiger partial charge in [-0.1, -0.05) is 60.7 Å². The van der Waals surface area contributed by atoms with E-state index < -0.39 is 11.7 Å². The van der Waals surface area contributed by atoms with Crippen LogP contribution in [-0.2, 0) is 15.1 Å². The second-order valence-corrected chi connectivity index (χ2v) is 7.73. The van der Waals surface area contributed by atoms with Crippen molar-refractivity contribution in [2.24, 2.45) is 5.92 Å². The van der Waals surface area contributed by atoms with Gasteiger partial charge in [-0.15, -0.1) is 0 Å². The number of hydrogen-bond donors (Lipinski definition) is 2. The Morgan fingerprint density at radius 3 is 2.48 bits per heavy atom. The van der Waals surface area contributed by atoms with Crippen molar-refractivity contribution in [2.75, 3.05) is 13.2 Å². The number of hydrogen-bond acceptors (Lipinski definition) is 4. The summed E-state index contributed by atoms with van der Waals surface area (Å²) in [4.78, 5) is 11.9. The Labute approximate surface area is 160 Å². The van der Waals surface area contributed by atoms with Gasteiger partial charge < -0.3 is 20.0 Å². The fraction of sp³-hybridized carbons (Fsp3) is 0.435. The predicted molar refractivity (Wildman–Crippen MR) is 104 cm³/mol.